The molecular weight excluding hydrogens is 312 g/mol. The fraction of sp³-hybridized carbons (Fsp3) is 0.647. The Labute approximate surface area is 130 Å². The Bertz CT molecular complexity index is 427. The molecule has 1 unspecified atom stereocenters. The standard InChI is InChI=1S/C17H25BrN2/c18-15-5-3-14(4-6-15)16(13-19)20-11-9-17(10-12-20)7-1-2-8-17/h3-6,16H,1-2,7-13,19H2. The van der Waals surface area contributed by atoms with Crippen LogP contribution in [-0.2, 0) is 0 Å². The fourth-order valence-electron chi connectivity index (χ4n) is 4.12. The number of benzene rings is 1. The van der Waals surface area contributed by atoms with Gasteiger partial charge >= 0.3 is 0 Å². The molecule has 0 radical (unpaired) electrons. The summed E-state index contributed by atoms with van der Waals surface area (Å²) in [4.78, 5) is 2.60. The number of halogens is 1. The van der Waals surface area contributed by atoms with Gasteiger partial charge in [0.2, 0.25) is 0 Å². The van der Waals surface area contributed by atoms with Gasteiger partial charge in [-0.05, 0) is 61.9 Å². The van der Waals surface area contributed by atoms with Crippen molar-refractivity contribution in [2.75, 3.05) is 19.6 Å². The fourth-order valence-corrected chi connectivity index (χ4v) is 4.38. The lowest BCUT2D eigenvalue weighted by atomic mass is 9.76. The first-order chi connectivity index (χ1) is 9.72. The molecule has 1 spiro atoms. The molecule has 0 amide bonds. The van der Waals surface area contributed by atoms with E-state index in [1.165, 1.54) is 57.2 Å². The molecule has 1 aliphatic heterocycles. The molecule has 2 N–H and O–H groups in total. The molecule has 0 bridgehead atoms. The molecule has 1 saturated carbocycles. The van der Waals surface area contributed by atoms with Crippen LogP contribution in [-0.4, -0.2) is 24.5 Å². The molecule has 20 heavy (non-hydrogen) atoms. The Morgan fingerprint density at radius 1 is 1.05 bits per heavy atom. The first-order valence-electron chi connectivity index (χ1n) is 7.92. The highest BCUT2D eigenvalue weighted by Crippen LogP contribution is 2.47. The van der Waals surface area contributed by atoms with E-state index >= 15 is 0 Å². The summed E-state index contributed by atoms with van der Waals surface area (Å²) in [5.41, 5.74) is 8.11. The van der Waals surface area contributed by atoms with Gasteiger partial charge < -0.3 is 5.73 Å². The second kappa shape index (κ2) is 6.17. The van der Waals surface area contributed by atoms with Crippen LogP contribution in [0.5, 0.6) is 0 Å². The third-order valence-corrected chi connectivity index (χ3v) is 5.97. The second-order valence-electron chi connectivity index (χ2n) is 6.55. The van der Waals surface area contributed by atoms with Crippen molar-refractivity contribution in [1.29, 1.82) is 0 Å². The molecule has 2 aliphatic rings. The molecule has 2 nitrogen and oxygen atoms in total. The van der Waals surface area contributed by atoms with Gasteiger partial charge in [-0.15, -0.1) is 0 Å². The summed E-state index contributed by atoms with van der Waals surface area (Å²) in [7, 11) is 0. The molecule has 1 aliphatic carbocycles. The highest BCUT2D eigenvalue weighted by molar-refractivity contribution is 9.10. The number of piperidine rings is 1. The van der Waals surface area contributed by atoms with E-state index in [1.807, 2.05) is 0 Å². The summed E-state index contributed by atoms with van der Waals surface area (Å²) in [6, 6.07) is 9.06. The van der Waals surface area contributed by atoms with Crippen molar-refractivity contribution >= 4 is 15.9 Å². The maximum absolute atomic E-state index is 6.07. The van der Waals surface area contributed by atoms with Crippen LogP contribution in [0.2, 0.25) is 0 Å². The van der Waals surface area contributed by atoms with E-state index in [0.717, 1.165) is 4.47 Å². The van der Waals surface area contributed by atoms with Crippen LogP contribution >= 0.6 is 15.9 Å². The second-order valence-corrected chi connectivity index (χ2v) is 7.46. The summed E-state index contributed by atoms with van der Waals surface area (Å²) in [5.74, 6) is 0. The third kappa shape index (κ3) is 2.95. The van der Waals surface area contributed by atoms with Gasteiger partial charge in [0.1, 0.15) is 0 Å². The van der Waals surface area contributed by atoms with Crippen LogP contribution in [0.1, 0.15) is 50.1 Å². The molecule has 1 saturated heterocycles. The van der Waals surface area contributed by atoms with Gasteiger partial charge in [-0.25, -0.2) is 0 Å². The van der Waals surface area contributed by atoms with E-state index in [0.29, 0.717) is 18.0 Å². The molecule has 1 heterocycles. The largest absolute Gasteiger partial charge is 0.329 e. The van der Waals surface area contributed by atoms with Gasteiger partial charge in [0.25, 0.3) is 0 Å². The number of nitrogens with two attached hydrogens (primary N) is 1. The zero-order valence-electron chi connectivity index (χ0n) is 12.2. The summed E-state index contributed by atoms with van der Waals surface area (Å²) < 4.78 is 1.14. The number of rotatable bonds is 3. The van der Waals surface area contributed by atoms with Crippen molar-refractivity contribution in [3.05, 3.63) is 34.3 Å². The van der Waals surface area contributed by atoms with Gasteiger partial charge in [-0.2, -0.15) is 0 Å². The summed E-state index contributed by atoms with van der Waals surface area (Å²) in [6.45, 7) is 3.16. The van der Waals surface area contributed by atoms with Crippen LogP contribution < -0.4 is 5.73 Å². The molecule has 1 atom stereocenters. The minimum atomic E-state index is 0.391. The first-order valence-corrected chi connectivity index (χ1v) is 8.71. The molecule has 3 rings (SSSR count). The minimum Gasteiger partial charge on any atom is -0.329 e. The highest BCUT2D eigenvalue weighted by Gasteiger charge is 2.38. The van der Waals surface area contributed by atoms with E-state index < -0.39 is 0 Å². The topological polar surface area (TPSA) is 29.3 Å². The van der Waals surface area contributed by atoms with Crippen molar-refractivity contribution in [1.82, 2.24) is 4.90 Å². The molecule has 0 aromatic heterocycles. The minimum absolute atomic E-state index is 0.391. The zero-order valence-corrected chi connectivity index (χ0v) is 13.7. The van der Waals surface area contributed by atoms with Crippen LogP contribution in [0.4, 0.5) is 0 Å². The van der Waals surface area contributed by atoms with Crippen LogP contribution in [0, 0.1) is 5.41 Å². The Hall–Kier alpha value is -0.380. The zero-order chi connectivity index (χ0) is 14.0. The van der Waals surface area contributed by atoms with Crippen molar-refractivity contribution in [3.63, 3.8) is 0 Å². The number of hydrogen-bond donors (Lipinski definition) is 1. The van der Waals surface area contributed by atoms with E-state index in [4.69, 9.17) is 5.73 Å². The maximum Gasteiger partial charge on any atom is 0.0470 e. The van der Waals surface area contributed by atoms with Gasteiger partial charge in [0.05, 0.1) is 0 Å². The van der Waals surface area contributed by atoms with Gasteiger partial charge in [0, 0.05) is 17.1 Å². The van der Waals surface area contributed by atoms with Crippen LogP contribution in [0.15, 0.2) is 28.7 Å². The average Bonchev–Trinajstić information content (AvgIpc) is 2.92. The lowest BCUT2D eigenvalue weighted by Gasteiger charge is -2.42. The van der Waals surface area contributed by atoms with E-state index in [-0.39, 0.29) is 0 Å². The molecule has 1 aromatic carbocycles. The SMILES string of the molecule is NCC(c1ccc(Br)cc1)N1CCC2(CCCC2)CC1. The first kappa shape index (κ1) is 14.6. The van der Waals surface area contributed by atoms with E-state index in [1.54, 1.807) is 0 Å². The maximum atomic E-state index is 6.07. The van der Waals surface area contributed by atoms with Gasteiger partial charge in [-0.3, -0.25) is 4.90 Å². The van der Waals surface area contributed by atoms with Crippen LogP contribution in [0.25, 0.3) is 0 Å². The predicted octanol–water partition coefficient (Wildman–Crippen LogP) is 4.11. The highest BCUT2D eigenvalue weighted by atomic mass is 79.9. The molecule has 1 aromatic rings. The molecule has 110 valence electrons. The normalized spacial score (nSPS) is 24.1. The Morgan fingerprint density at radius 3 is 2.20 bits per heavy atom. The van der Waals surface area contributed by atoms with Crippen molar-refractivity contribution in [2.24, 2.45) is 11.1 Å². The van der Waals surface area contributed by atoms with E-state index in [9.17, 15) is 0 Å². The Balaban J connectivity index is 1.67. The number of hydrogen-bond acceptors (Lipinski definition) is 2. The van der Waals surface area contributed by atoms with Crippen molar-refractivity contribution in [3.8, 4) is 0 Å². The molecule has 2 fully saturated rings. The molecular formula is C17H25BrN2. The van der Waals surface area contributed by atoms with Gasteiger partial charge in [-0.1, -0.05) is 40.9 Å². The third-order valence-electron chi connectivity index (χ3n) is 5.44. The predicted molar refractivity (Wildman–Crippen MR) is 87.6 cm³/mol. The lowest BCUT2D eigenvalue weighted by Crippen LogP contribution is -2.43. The number of nitrogens with zero attached hydrogens (tertiary/aromatic N) is 1. The quantitative estimate of drug-likeness (QED) is 0.900. The monoisotopic (exact) mass is 336 g/mol. The summed E-state index contributed by atoms with van der Waals surface area (Å²) in [6.07, 6.45) is 8.58. The Morgan fingerprint density at radius 2 is 1.65 bits per heavy atom. The van der Waals surface area contributed by atoms with Crippen LogP contribution in [0.3, 0.4) is 0 Å². The summed E-state index contributed by atoms with van der Waals surface area (Å²) >= 11 is 3.51. The summed E-state index contributed by atoms with van der Waals surface area (Å²) in [5, 5.41) is 0. The molecule has 3 heteroatoms. The van der Waals surface area contributed by atoms with Crippen molar-refractivity contribution in [2.45, 2.75) is 44.6 Å². The van der Waals surface area contributed by atoms with Gasteiger partial charge in [0.15, 0.2) is 0 Å². The lowest BCUT2D eigenvalue weighted by molar-refractivity contribution is 0.0780. The Kier molecular flexibility index (Phi) is 4.49. The smallest absolute Gasteiger partial charge is 0.0470 e. The van der Waals surface area contributed by atoms with Crippen molar-refractivity contribution < 1.29 is 0 Å². The van der Waals surface area contributed by atoms with E-state index in [2.05, 4.69) is 45.1 Å². The average molecular weight is 337 g/mol. The number of likely N-dealkylation sites (tertiary alicyclic amines) is 1.